The predicted octanol–water partition coefficient (Wildman–Crippen LogP) is 3.55. The topological polar surface area (TPSA) is 59.9 Å². The van der Waals surface area contributed by atoms with Gasteiger partial charge >= 0.3 is 0 Å². The molecule has 3 rings (SSSR count). The van der Waals surface area contributed by atoms with Crippen molar-refractivity contribution in [1.82, 2.24) is 5.43 Å². The van der Waals surface area contributed by atoms with Gasteiger partial charge in [-0.05, 0) is 28.5 Å². The fourth-order valence-electron chi connectivity index (χ4n) is 2.85. The minimum Gasteiger partial charge on any atom is -0.493 e. The van der Waals surface area contributed by atoms with Crippen LogP contribution in [0.15, 0.2) is 65.8 Å². The molecule has 0 aromatic heterocycles. The largest absolute Gasteiger partial charge is 0.493 e. The van der Waals surface area contributed by atoms with E-state index in [0.717, 1.165) is 21.9 Å². The molecule has 0 fully saturated rings. The number of para-hydroxylation sites is 1. The summed E-state index contributed by atoms with van der Waals surface area (Å²) in [6, 6.07) is 19.4. The second-order valence-electron chi connectivity index (χ2n) is 5.69. The molecule has 1 N–H and O–H groups in total. The summed E-state index contributed by atoms with van der Waals surface area (Å²) in [5.41, 5.74) is 4.25. The summed E-state index contributed by atoms with van der Waals surface area (Å²) in [5.74, 6) is 1.00. The lowest BCUT2D eigenvalue weighted by Gasteiger charge is -2.09. The standard InChI is InChI=1S/C21H20N2O3/c1-25-19-12-6-10-17(21(19)26-2)14-22-23-20(24)13-16-9-5-8-15-7-3-4-11-18(15)16/h3-12,14H,13H2,1-2H3,(H,23,24)/b22-14+. The first-order valence-electron chi connectivity index (χ1n) is 8.22. The van der Waals surface area contributed by atoms with Crippen LogP contribution in [0.5, 0.6) is 11.5 Å². The number of amides is 1. The minimum atomic E-state index is -0.181. The summed E-state index contributed by atoms with van der Waals surface area (Å²) in [5, 5.41) is 6.23. The number of rotatable bonds is 6. The lowest BCUT2D eigenvalue weighted by atomic mass is 10.0. The molecular weight excluding hydrogens is 328 g/mol. The van der Waals surface area contributed by atoms with Crippen molar-refractivity contribution >= 4 is 22.9 Å². The van der Waals surface area contributed by atoms with Crippen LogP contribution in [0.3, 0.4) is 0 Å². The maximum Gasteiger partial charge on any atom is 0.244 e. The molecule has 3 aromatic carbocycles. The summed E-state index contributed by atoms with van der Waals surface area (Å²) < 4.78 is 10.6. The Balaban J connectivity index is 1.70. The average molecular weight is 348 g/mol. The highest BCUT2D eigenvalue weighted by Crippen LogP contribution is 2.29. The Labute approximate surface area is 152 Å². The van der Waals surface area contributed by atoms with Gasteiger partial charge in [-0.2, -0.15) is 5.10 Å². The second kappa shape index (κ2) is 8.16. The highest BCUT2D eigenvalue weighted by molar-refractivity contribution is 5.91. The molecule has 0 saturated carbocycles. The maximum atomic E-state index is 12.2. The predicted molar refractivity (Wildman–Crippen MR) is 103 cm³/mol. The number of methoxy groups -OCH3 is 2. The fourth-order valence-corrected chi connectivity index (χ4v) is 2.85. The summed E-state index contributed by atoms with van der Waals surface area (Å²) in [6.45, 7) is 0. The Morgan fingerprint density at radius 3 is 2.58 bits per heavy atom. The number of carbonyl (C=O) groups is 1. The van der Waals surface area contributed by atoms with E-state index in [1.54, 1.807) is 26.5 Å². The van der Waals surface area contributed by atoms with Crippen LogP contribution < -0.4 is 14.9 Å². The van der Waals surface area contributed by atoms with Crippen LogP contribution in [0.25, 0.3) is 10.8 Å². The Hall–Kier alpha value is -3.34. The van der Waals surface area contributed by atoms with Crippen molar-refractivity contribution < 1.29 is 14.3 Å². The van der Waals surface area contributed by atoms with E-state index < -0.39 is 0 Å². The number of fused-ring (bicyclic) bond motifs is 1. The number of hydrogen-bond donors (Lipinski definition) is 1. The molecule has 0 heterocycles. The Morgan fingerprint density at radius 1 is 1.00 bits per heavy atom. The summed E-state index contributed by atoms with van der Waals surface area (Å²) in [6.07, 6.45) is 1.80. The molecule has 0 atom stereocenters. The van der Waals surface area contributed by atoms with Crippen LogP contribution in [0.4, 0.5) is 0 Å². The lowest BCUT2D eigenvalue weighted by Crippen LogP contribution is -2.20. The molecule has 0 aliphatic heterocycles. The molecule has 5 heteroatoms. The van der Waals surface area contributed by atoms with E-state index in [1.807, 2.05) is 54.6 Å². The summed E-state index contributed by atoms with van der Waals surface area (Å²) >= 11 is 0. The zero-order chi connectivity index (χ0) is 18.4. The molecule has 5 nitrogen and oxygen atoms in total. The van der Waals surface area contributed by atoms with Gasteiger partial charge in [0.25, 0.3) is 0 Å². The first kappa shape index (κ1) is 17.5. The second-order valence-corrected chi connectivity index (χ2v) is 5.69. The van der Waals surface area contributed by atoms with E-state index in [-0.39, 0.29) is 12.3 Å². The molecule has 26 heavy (non-hydrogen) atoms. The van der Waals surface area contributed by atoms with Crippen LogP contribution in [-0.2, 0) is 11.2 Å². The van der Waals surface area contributed by atoms with Crippen LogP contribution >= 0.6 is 0 Å². The Kier molecular flexibility index (Phi) is 5.49. The fraction of sp³-hybridized carbons (Fsp3) is 0.143. The molecule has 0 aliphatic carbocycles. The van der Waals surface area contributed by atoms with Gasteiger partial charge in [0.1, 0.15) is 0 Å². The van der Waals surface area contributed by atoms with Gasteiger partial charge in [0, 0.05) is 5.56 Å². The number of hydrazone groups is 1. The molecule has 0 unspecified atom stereocenters. The van der Waals surface area contributed by atoms with Crippen molar-refractivity contribution in [3.05, 3.63) is 71.8 Å². The molecule has 3 aromatic rings. The van der Waals surface area contributed by atoms with Crippen molar-refractivity contribution in [3.8, 4) is 11.5 Å². The number of hydrogen-bond acceptors (Lipinski definition) is 4. The van der Waals surface area contributed by atoms with Crippen molar-refractivity contribution in [1.29, 1.82) is 0 Å². The van der Waals surface area contributed by atoms with Gasteiger partial charge in [-0.15, -0.1) is 0 Å². The van der Waals surface area contributed by atoms with E-state index in [4.69, 9.17) is 9.47 Å². The van der Waals surface area contributed by atoms with E-state index in [2.05, 4.69) is 10.5 Å². The number of benzene rings is 3. The molecule has 0 bridgehead atoms. The SMILES string of the molecule is COc1cccc(/C=N/NC(=O)Cc2cccc3ccccc23)c1OC. The van der Waals surface area contributed by atoms with Crippen LogP contribution in [-0.4, -0.2) is 26.3 Å². The summed E-state index contributed by atoms with van der Waals surface area (Å²) in [7, 11) is 3.14. The molecule has 0 saturated heterocycles. The average Bonchev–Trinajstić information content (AvgIpc) is 2.68. The number of nitrogens with zero attached hydrogens (tertiary/aromatic N) is 1. The molecule has 0 radical (unpaired) electrons. The van der Waals surface area contributed by atoms with Gasteiger partial charge < -0.3 is 9.47 Å². The quantitative estimate of drug-likeness (QED) is 0.547. The monoisotopic (exact) mass is 348 g/mol. The molecule has 132 valence electrons. The summed E-state index contributed by atoms with van der Waals surface area (Å²) in [4.78, 5) is 12.2. The highest BCUT2D eigenvalue weighted by atomic mass is 16.5. The third kappa shape index (κ3) is 3.83. The van der Waals surface area contributed by atoms with Gasteiger partial charge in [-0.3, -0.25) is 4.79 Å². The van der Waals surface area contributed by atoms with Gasteiger partial charge in [-0.25, -0.2) is 5.43 Å². The third-order valence-corrected chi connectivity index (χ3v) is 4.06. The van der Waals surface area contributed by atoms with Crippen molar-refractivity contribution in [3.63, 3.8) is 0 Å². The Bertz CT molecular complexity index is 946. The van der Waals surface area contributed by atoms with E-state index in [9.17, 15) is 4.79 Å². The number of carbonyl (C=O) groups excluding carboxylic acids is 1. The van der Waals surface area contributed by atoms with Crippen molar-refractivity contribution in [2.24, 2.45) is 5.10 Å². The first-order chi connectivity index (χ1) is 12.7. The molecule has 0 spiro atoms. The van der Waals surface area contributed by atoms with E-state index in [0.29, 0.717) is 11.5 Å². The number of nitrogens with one attached hydrogen (secondary N) is 1. The van der Waals surface area contributed by atoms with Gasteiger partial charge in [0.2, 0.25) is 5.91 Å². The zero-order valence-electron chi connectivity index (χ0n) is 14.7. The highest BCUT2D eigenvalue weighted by Gasteiger charge is 2.08. The van der Waals surface area contributed by atoms with Crippen LogP contribution in [0.2, 0.25) is 0 Å². The molecular formula is C21H20N2O3. The van der Waals surface area contributed by atoms with E-state index in [1.165, 1.54) is 0 Å². The van der Waals surface area contributed by atoms with Crippen LogP contribution in [0, 0.1) is 0 Å². The smallest absolute Gasteiger partial charge is 0.244 e. The molecule has 1 amide bonds. The first-order valence-corrected chi connectivity index (χ1v) is 8.22. The van der Waals surface area contributed by atoms with Crippen molar-refractivity contribution in [2.75, 3.05) is 14.2 Å². The van der Waals surface area contributed by atoms with Gasteiger partial charge in [0.05, 0.1) is 26.9 Å². The van der Waals surface area contributed by atoms with Gasteiger partial charge in [-0.1, -0.05) is 48.5 Å². The van der Waals surface area contributed by atoms with Gasteiger partial charge in [0.15, 0.2) is 11.5 Å². The normalized spacial score (nSPS) is 10.8. The third-order valence-electron chi connectivity index (χ3n) is 4.06. The zero-order valence-corrected chi connectivity index (χ0v) is 14.7. The van der Waals surface area contributed by atoms with Crippen LogP contribution in [0.1, 0.15) is 11.1 Å². The Morgan fingerprint density at radius 2 is 1.77 bits per heavy atom. The van der Waals surface area contributed by atoms with E-state index >= 15 is 0 Å². The maximum absolute atomic E-state index is 12.2. The molecule has 0 aliphatic rings. The lowest BCUT2D eigenvalue weighted by molar-refractivity contribution is -0.120. The minimum absolute atomic E-state index is 0.181. The van der Waals surface area contributed by atoms with Crippen molar-refractivity contribution in [2.45, 2.75) is 6.42 Å². The number of ether oxygens (including phenoxy) is 2.